The topological polar surface area (TPSA) is 81.1 Å². The summed E-state index contributed by atoms with van der Waals surface area (Å²) in [6, 6.07) is 3.53. The highest BCUT2D eigenvalue weighted by Crippen LogP contribution is 2.50. The van der Waals surface area contributed by atoms with Gasteiger partial charge in [0.1, 0.15) is 0 Å². The van der Waals surface area contributed by atoms with Crippen LogP contribution in [0.25, 0.3) is 0 Å². The second-order valence-electron chi connectivity index (χ2n) is 9.76. The third-order valence-corrected chi connectivity index (χ3v) is 9.79. The highest BCUT2D eigenvalue weighted by atomic mass is 35.5. The molecule has 6 nitrogen and oxygen atoms in total. The Morgan fingerprint density at radius 3 is 2.45 bits per heavy atom. The van der Waals surface area contributed by atoms with Gasteiger partial charge in [0.2, 0.25) is 10.0 Å². The zero-order valence-electron chi connectivity index (χ0n) is 17.4. The maximum absolute atomic E-state index is 13.4. The van der Waals surface area contributed by atoms with Crippen LogP contribution in [0.2, 0.25) is 5.02 Å². The van der Waals surface area contributed by atoms with Crippen LogP contribution in [-0.4, -0.2) is 59.3 Å². The summed E-state index contributed by atoms with van der Waals surface area (Å²) in [6.07, 6.45) is 5.39. The quantitative estimate of drug-likeness (QED) is 0.702. The van der Waals surface area contributed by atoms with E-state index in [0.29, 0.717) is 17.0 Å². The lowest BCUT2D eigenvalue weighted by Crippen LogP contribution is -2.56. The third kappa shape index (κ3) is 3.41. The number of sulfonamides is 1. The Labute approximate surface area is 179 Å². The van der Waals surface area contributed by atoms with Gasteiger partial charge >= 0.3 is 7.12 Å². The van der Waals surface area contributed by atoms with Crippen LogP contribution in [0.5, 0.6) is 0 Å². The fourth-order valence-corrected chi connectivity index (χ4v) is 7.30. The Morgan fingerprint density at radius 2 is 1.90 bits per heavy atom. The minimum absolute atomic E-state index is 0.0187. The lowest BCUT2D eigenvalue weighted by molar-refractivity contribution is 0.125. The highest BCUT2D eigenvalue weighted by Gasteiger charge is 2.57. The smallest absolute Gasteiger partial charge is 0.423 e. The van der Waals surface area contributed by atoms with Gasteiger partial charge in [-0.1, -0.05) is 11.6 Å². The molecule has 1 aliphatic carbocycles. The first-order valence-electron chi connectivity index (χ1n) is 10.4. The van der Waals surface area contributed by atoms with Gasteiger partial charge in [0.05, 0.1) is 4.75 Å². The normalized spacial score (nSPS) is 24.5. The molecule has 2 heterocycles. The van der Waals surface area contributed by atoms with Gasteiger partial charge in [-0.15, -0.1) is 0 Å². The van der Waals surface area contributed by atoms with E-state index in [1.54, 1.807) is 31.1 Å². The molecule has 2 fully saturated rings. The van der Waals surface area contributed by atoms with E-state index in [2.05, 4.69) is 4.90 Å². The number of hydrogen-bond donors (Lipinski definition) is 2. The molecule has 29 heavy (non-hydrogen) atoms. The molecule has 0 amide bonds. The summed E-state index contributed by atoms with van der Waals surface area (Å²) < 4.78 is 27.7. The average Bonchev–Trinajstić information content (AvgIpc) is 3.01. The van der Waals surface area contributed by atoms with Crippen LogP contribution >= 0.6 is 11.6 Å². The lowest BCUT2D eigenvalue weighted by atomic mass is 9.74. The molecular formula is C20H30BClN2O4S. The van der Waals surface area contributed by atoms with Gasteiger partial charge in [0.15, 0.2) is 0 Å². The molecule has 0 radical (unpaired) electrons. The minimum Gasteiger partial charge on any atom is -0.423 e. The molecule has 4 rings (SSSR count). The Kier molecular flexibility index (Phi) is 5.27. The number of rotatable bonds is 3. The first-order chi connectivity index (χ1) is 13.5. The molecule has 1 spiro atoms. The summed E-state index contributed by atoms with van der Waals surface area (Å²) in [5.74, 6) is 0. The van der Waals surface area contributed by atoms with Gasteiger partial charge in [-0.25, -0.2) is 8.42 Å². The monoisotopic (exact) mass is 440 g/mol. The molecule has 0 aromatic heterocycles. The van der Waals surface area contributed by atoms with Gasteiger partial charge in [-0.3, -0.25) is 0 Å². The van der Waals surface area contributed by atoms with Crippen molar-refractivity contribution in [2.45, 2.75) is 75.6 Å². The van der Waals surface area contributed by atoms with Crippen molar-refractivity contribution in [1.29, 1.82) is 0 Å². The molecule has 1 aromatic carbocycles. The summed E-state index contributed by atoms with van der Waals surface area (Å²) in [5, 5.41) is 20.4. The second kappa shape index (κ2) is 7.13. The van der Waals surface area contributed by atoms with E-state index in [1.807, 2.05) is 6.07 Å². The van der Waals surface area contributed by atoms with Gasteiger partial charge in [-0.05, 0) is 77.0 Å². The van der Waals surface area contributed by atoms with Crippen molar-refractivity contribution in [2.75, 3.05) is 18.0 Å². The van der Waals surface area contributed by atoms with Crippen molar-refractivity contribution < 1.29 is 18.5 Å². The molecule has 3 aliphatic rings. The van der Waals surface area contributed by atoms with Crippen molar-refractivity contribution in [3.63, 3.8) is 0 Å². The van der Waals surface area contributed by atoms with Crippen molar-refractivity contribution in [1.82, 2.24) is 4.31 Å². The molecule has 1 saturated heterocycles. The molecule has 1 atom stereocenters. The summed E-state index contributed by atoms with van der Waals surface area (Å²) in [6.45, 7) is 6.52. The zero-order valence-corrected chi connectivity index (χ0v) is 18.9. The summed E-state index contributed by atoms with van der Waals surface area (Å²) >= 11 is 6.22. The largest absolute Gasteiger partial charge is 0.490 e. The van der Waals surface area contributed by atoms with Crippen LogP contribution in [0.4, 0.5) is 5.69 Å². The van der Waals surface area contributed by atoms with E-state index < -0.39 is 21.9 Å². The lowest BCUT2D eigenvalue weighted by Gasteiger charge is -2.46. The minimum atomic E-state index is -3.44. The third-order valence-electron chi connectivity index (χ3n) is 6.90. The van der Waals surface area contributed by atoms with Gasteiger partial charge in [-0.2, -0.15) is 4.31 Å². The van der Waals surface area contributed by atoms with Crippen LogP contribution in [-0.2, 0) is 16.4 Å². The highest BCUT2D eigenvalue weighted by molar-refractivity contribution is 7.90. The maximum atomic E-state index is 13.4. The predicted molar refractivity (Wildman–Crippen MR) is 117 cm³/mol. The molecule has 1 saturated carbocycles. The number of anilines is 1. The van der Waals surface area contributed by atoms with Crippen LogP contribution in [0.1, 0.15) is 58.4 Å². The Balaban J connectivity index is 1.74. The van der Waals surface area contributed by atoms with Gasteiger partial charge < -0.3 is 14.9 Å². The predicted octanol–water partition coefficient (Wildman–Crippen LogP) is 1.90. The summed E-state index contributed by atoms with van der Waals surface area (Å²) in [4.78, 5) is 2.21. The van der Waals surface area contributed by atoms with Crippen LogP contribution < -0.4 is 10.4 Å². The fourth-order valence-electron chi connectivity index (χ4n) is 5.25. The van der Waals surface area contributed by atoms with Crippen molar-refractivity contribution in [3.8, 4) is 0 Å². The molecule has 1 unspecified atom stereocenters. The van der Waals surface area contributed by atoms with Crippen LogP contribution in [0, 0.1) is 0 Å². The van der Waals surface area contributed by atoms with Crippen molar-refractivity contribution in [2.24, 2.45) is 0 Å². The first kappa shape index (κ1) is 21.4. The van der Waals surface area contributed by atoms with E-state index in [-0.39, 0.29) is 11.6 Å². The van der Waals surface area contributed by atoms with Crippen molar-refractivity contribution >= 4 is 39.9 Å². The molecule has 2 N–H and O–H groups in total. The molecule has 1 aromatic rings. The number of hydrogen-bond acceptors (Lipinski definition) is 5. The number of fused-ring (bicyclic) bond motifs is 1. The van der Waals surface area contributed by atoms with E-state index in [9.17, 15) is 18.5 Å². The molecule has 9 heteroatoms. The number of aryl methyl sites for hydroxylation is 1. The summed E-state index contributed by atoms with van der Waals surface area (Å²) in [7, 11) is -5.05. The van der Waals surface area contributed by atoms with Crippen LogP contribution in [0.15, 0.2) is 12.1 Å². The molecule has 160 valence electrons. The van der Waals surface area contributed by atoms with Gasteiger partial charge in [0, 0.05) is 40.8 Å². The standard InChI is InChI=1S/C20H30BClN2O4S/c1-19(2,3)29(27,28)24-13-16(12-20(24)7-5-8-20)23-9-4-6-14-10-15(22)11-17(18(14)23)21(25)26/h10-11,16,25-26H,4-9,12-13H2,1-3H3. The zero-order chi connectivity index (χ0) is 21.2. The molecular weight excluding hydrogens is 411 g/mol. The fraction of sp³-hybridized carbons (Fsp3) is 0.700. The summed E-state index contributed by atoms with van der Waals surface area (Å²) in [5.41, 5.74) is 1.95. The van der Waals surface area contributed by atoms with E-state index in [0.717, 1.165) is 56.3 Å². The van der Waals surface area contributed by atoms with E-state index in [4.69, 9.17) is 11.6 Å². The number of nitrogens with zero attached hydrogens (tertiary/aromatic N) is 2. The Hall–Kier alpha value is -0.795. The Morgan fingerprint density at radius 1 is 1.21 bits per heavy atom. The van der Waals surface area contributed by atoms with E-state index >= 15 is 0 Å². The maximum Gasteiger partial charge on any atom is 0.490 e. The number of benzene rings is 1. The molecule has 0 bridgehead atoms. The average molecular weight is 441 g/mol. The Bertz CT molecular complexity index is 912. The molecule has 2 aliphatic heterocycles. The van der Waals surface area contributed by atoms with Crippen molar-refractivity contribution in [3.05, 3.63) is 22.7 Å². The SMILES string of the molecule is CC(C)(C)S(=O)(=O)N1CC(N2CCCc3cc(Cl)cc(B(O)O)c32)CC12CCC2. The second-order valence-corrected chi connectivity index (χ2v) is 12.8. The van der Waals surface area contributed by atoms with Gasteiger partial charge in [0.25, 0.3) is 0 Å². The van der Waals surface area contributed by atoms with E-state index in [1.165, 1.54) is 0 Å². The van der Waals surface area contributed by atoms with Crippen LogP contribution in [0.3, 0.4) is 0 Å². The number of halogens is 1. The first-order valence-corrected chi connectivity index (χ1v) is 12.3.